The van der Waals surface area contributed by atoms with E-state index in [0.717, 1.165) is 51.6 Å². The summed E-state index contributed by atoms with van der Waals surface area (Å²) >= 11 is 0. The van der Waals surface area contributed by atoms with E-state index in [1.807, 2.05) is 11.8 Å². The molecule has 0 bridgehead atoms. The molecule has 2 heterocycles. The first-order valence-corrected chi connectivity index (χ1v) is 11.2. The van der Waals surface area contributed by atoms with E-state index < -0.39 is 0 Å². The number of benzene rings is 1. The number of nitrogens with zero attached hydrogens (tertiary/aromatic N) is 3. The Hall–Kier alpha value is -2.08. The highest BCUT2D eigenvalue weighted by Gasteiger charge is 2.27. The van der Waals surface area contributed by atoms with Crippen LogP contribution in [0.5, 0.6) is 0 Å². The van der Waals surface area contributed by atoms with Crippen molar-refractivity contribution in [2.24, 2.45) is 4.99 Å². The summed E-state index contributed by atoms with van der Waals surface area (Å²) in [5.74, 6) is 1.10. The predicted molar refractivity (Wildman–Crippen MR) is 119 cm³/mol. The fourth-order valence-corrected chi connectivity index (χ4v) is 4.29. The van der Waals surface area contributed by atoms with Gasteiger partial charge in [-0.3, -0.25) is 14.7 Å². The Balaban J connectivity index is 1.67. The second kappa shape index (κ2) is 10.6. The first-order valence-electron chi connectivity index (χ1n) is 11.2. The third-order valence-corrected chi connectivity index (χ3v) is 5.99. The van der Waals surface area contributed by atoms with Gasteiger partial charge in [0.2, 0.25) is 5.91 Å². The number of nitrogens with one attached hydrogen (secondary N) is 2. The molecule has 160 valence electrons. The van der Waals surface area contributed by atoms with E-state index >= 15 is 0 Å². The summed E-state index contributed by atoms with van der Waals surface area (Å²) in [6, 6.07) is 9.48. The lowest BCUT2D eigenvalue weighted by Gasteiger charge is -2.27. The molecule has 3 rings (SSSR count). The highest BCUT2D eigenvalue weighted by molar-refractivity contribution is 5.80. The molecular formula is C23H37N5O. The Morgan fingerprint density at radius 2 is 1.90 bits per heavy atom. The van der Waals surface area contributed by atoms with E-state index in [0.29, 0.717) is 12.5 Å². The summed E-state index contributed by atoms with van der Waals surface area (Å²) in [7, 11) is 0. The lowest BCUT2D eigenvalue weighted by atomic mass is 10.0. The SMILES string of the molecule is CCNC(=NCC(c1ccc(C)cc1)N1CCCC1)NC1CCN(C(=O)CC)C1. The molecule has 2 aliphatic rings. The number of hydrogen-bond donors (Lipinski definition) is 2. The molecule has 2 unspecified atom stereocenters. The van der Waals surface area contributed by atoms with E-state index in [1.54, 1.807) is 0 Å². The van der Waals surface area contributed by atoms with Crippen molar-refractivity contribution in [3.05, 3.63) is 35.4 Å². The van der Waals surface area contributed by atoms with E-state index in [9.17, 15) is 4.79 Å². The van der Waals surface area contributed by atoms with Gasteiger partial charge in [-0.25, -0.2) is 0 Å². The first-order chi connectivity index (χ1) is 14.1. The van der Waals surface area contributed by atoms with Gasteiger partial charge in [0.15, 0.2) is 5.96 Å². The summed E-state index contributed by atoms with van der Waals surface area (Å²) in [5, 5.41) is 6.95. The van der Waals surface area contributed by atoms with Crippen molar-refractivity contribution >= 4 is 11.9 Å². The van der Waals surface area contributed by atoms with Gasteiger partial charge >= 0.3 is 0 Å². The van der Waals surface area contributed by atoms with Crippen LogP contribution in [0.3, 0.4) is 0 Å². The first kappa shape index (κ1) is 21.6. The van der Waals surface area contributed by atoms with Crippen LogP contribution in [-0.4, -0.2) is 67.0 Å². The van der Waals surface area contributed by atoms with Crippen LogP contribution in [0.4, 0.5) is 0 Å². The summed E-state index contributed by atoms with van der Waals surface area (Å²) in [4.78, 5) is 21.4. The normalized spacial score (nSPS) is 21.4. The maximum Gasteiger partial charge on any atom is 0.222 e. The molecule has 2 aliphatic heterocycles. The van der Waals surface area contributed by atoms with Crippen LogP contribution >= 0.6 is 0 Å². The molecule has 1 aromatic rings. The molecule has 2 N–H and O–H groups in total. The van der Waals surface area contributed by atoms with Crippen LogP contribution in [0.2, 0.25) is 0 Å². The molecule has 6 heteroatoms. The number of amides is 1. The molecule has 2 atom stereocenters. The minimum atomic E-state index is 0.240. The third kappa shape index (κ3) is 5.95. The minimum absolute atomic E-state index is 0.240. The van der Waals surface area contributed by atoms with Crippen LogP contribution in [-0.2, 0) is 4.79 Å². The maximum atomic E-state index is 12.0. The van der Waals surface area contributed by atoms with Crippen LogP contribution < -0.4 is 10.6 Å². The van der Waals surface area contributed by atoms with Crippen molar-refractivity contribution < 1.29 is 4.79 Å². The van der Waals surface area contributed by atoms with Gasteiger partial charge in [0.1, 0.15) is 0 Å². The van der Waals surface area contributed by atoms with Crippen molar-refractivity contribution in [1.82, 2.24) is 20.4 Å². The maximum absolute atomic E-state index is 12.0. The fraction of sp³-hybridized carbons (Fsp3) is 0.652. The highest BCUT2D eigenvalue weighted by atomic mass is 16.2. The fourth-order valence-electron chi connectivity index (χ4n) is 4.29. The van der Waals surface area contributed by atoms with Crippen molar-refractivity contribution in [3.63, 3.8) is 0 Å². The van der Waals surface area contributed by atoms with Crippen molar-refractivity contribution in [2.45, 2.75) is 58.5 Å². The molecule has 1 amide bonds. The second-order valence-corrected chi connectivity index (χ2v) is 8.21. The zero-order valence-electron chi connectivity index (χ0n) is 18.3. The number of carbonyl (C=O) groups excluding carboxylic acids is 1. The van der Waals surface area contributed by atoms with Crippen LogP contribution in [0.15, 0.2) is 29.3 Å². The van der Waals surface area contributed by atoms with Gasteiger partial charge in [0.05, 0.1) is 12.6 Å². The van der Waals surface area contributed by atoms with Crippen LogP contribution in [0.25, 0.3) is 0 Å². The number of hydrogen-bond acceptors (Lipinski definition) is 3. The Morgan fingerprint density at radius 3 is 2.55 bits per heavy atom. The zero-order chi connectivity index (χ0) is 20.6. The number of guanidine groups is 1. The molecule has 0 radical (unpaired) electrons. The van der Waals surface area contributed by atoms with E-state index in [1.165, 1.54) is 24.0 Å². The molecule has 2 fully saturated rings. The summed E-state index contributed by atoms with van der Waals surface area (Å²) in [6.07, 6.45) is 4.10. The van der Waals surface area contributed by atoms with Crippen molar-refractivity contribution in [3.8, 4) is 0 Å². The lowest BCUT2D eigenvalue weighted by Crippen LogP contribution is -2.45. The topological polar surface area (TPSA) is 60.0 Å². The molecule has 2 saturated heterocycles. The Kier molecular flexibility index (Phi) is 7.92. The number of aliphatic imine (C=N–C) groups is 1. The third-order valence-electron chi connectivity index (χ3n) is 5.99. The smallest absolute Gasteiger partial charge is 0.222 e. The summed E-state index contributed by atoms with van der Waals surface area (Å²) in [6.45, 7) is 11.6. The molecule has 0 aliphatic carbocycles. The summed E-state index contributed by atoms with van der Waals surface area (Å²) < 4.78 is 0. The molecule has 0 aromatic heterocycles. The molecule has 29 heavy (non-hydrogen) atoms. The van der Waals surface area contributed by atoms with Crippen LogP contribution in [0, 0.1) is 6.92 Å². The minimum Gasteiger partial charge on any atom is -0.357 e. The van der Waals surface area contributed by atoms with E-state index in [-0.39, 0.29) is 11.9 Å². The number of aryl methyl sites for hydroxylation is 1. The van der Waals surface area contributed by atoms with Gasteiger partial charge < -0.3 is 15.5 Å². The lowest BCUT2D eigenvalue weighted by molar-refractivity contribution is -0.129. The molecule has 0 saturated carbocycles. The molecular weight excluding hydrogens is 362 g/mol. The van der Waals surface area contributed by atoms with Gasteiger partial charge in [-0.05, 0) is 51.8 Å². The molecule has 6 nitrogen and oxygen atoms in total. The highest BCUT2D eigenvalue weighted by Crippen LogP contribution is 2.25. The van der Waals surface area contributed by atoms with Gasteiger partial charge in [0, 0.05) is 32.1 Å². The Morgan fingerprint density at radius 1 is 1.17 bits per heavy atom. The van der Waals surface area contributed by atoms with Gasteiger partial charge in [-0.15, -0.1) is 0 Å². The Labute approximate surface area is 175 Å². The summed E-state index contributed by atoms with van der Waals surface area (Å²) in [5.41, 5.74) is 2.64. The monoisotopic (exact) mass is 399 g/mol. The van der Waals surface area contributed by atoms with Crippen molar-refractivity contribution in [2.75, 3.05) is 39.3 Å². The largest absolute Gasteiger partial charge is 0.357 e. The van der Waals surface area contributed by atoms with Gasteiger partial charge in [-0.2, -0.15) is 0 Å². The van der Waals surface area contributed by atoms with E-state index in [2.05, 4.69) is 53.6 Å². The van der Waals surface area contributed by atoms with Crippen molar-refractivity contribution in [1.29, 1.82) is 0 Å². The number of carbonyl (C=O) groups is 1. The average Bonchev–Trinajstić information content (AvgIpc) is 3.41. The molecule has 1 aromatic carbocycles. The quantitative estimate of drug-likeness (QED) is 0.547. The average molecular weight is 400 g/mol. The molecule has 0 spiro atoms. The predicted octanol–water partition coefficient (Wildman–Crippen LogP) is 2.70. The standard InChI is InChI=1S/C23H37N5O/c1-4-22(29)28-15-12-20(17-28)26-23(24-5-2)25-16-21(27-13-6-7-14-27)19-10-8-18(3)9-11-19/h8-11,20-21H,4-7,12-17H2,1-3H3,(H2,24,25,26). The van der Waals surface area contributed by atoms with Crippen LogP contribution in [0.1, 0.15) is 56.7 Å². The second-order valence-electron chi connectivity index (χ2n) is 8.21. The Bertz CT molecular complexity index is 681. The number of rotatable bonds is 7. The van der Waals surface area contributed by atoms with Gasteiger partial charge in [-0.1, -0.05) is 36.8 Å². The van der Waals surface area contributed by atoms with E-state index in [4.69, 9.17) is 4.99 Å². The zero-order valence-corrected chi connectivity index (χ0v) is 18.3. The number of likely N-dealkylation sites (tertiary alicyclic amines) is 2. The van der Waals surface area contributed by atoms with Gasteiger partial charge in [0.25, 0.3) is 0 Å².